The van der Waals surface area contributed by atoms with Crippen LogP contribution < -0.4 is 14.9 Å². The normalized spacial score (nSPS) is 14.6. The molecule has 34 heavy (non-hydrogen) atoms. The zero-order valence-electron chi connectivity index (χ0n) is 20.1. The van der Waals surface area contributed by atoms with Crippen LogP contribution in [0.4, 0.5) is 17.1 Å². The lowest BCUT2D eigenvalue weighted by Gasteiger charge is -2.32. The SMILES string of the molecule is CCc1ccc(S(=O)Nc2ccsc2C(=O)Nc2c(C)cc(C)c(N3CCOCC3)c2C)cc1. The van der Waals surface area contributed by atoms with Crippen molar-refractivity contribution in [3.63, 3.8) is 0 Å². The van der Waals surface area contributed by atoms with Crippen molar-refractivity contribution in [3.05, 3.63) is 68.9 Å². The van der Waals surface area contributed by atoms with E-state index < -0.39 is 11.0 Å². The zero-order chi connectivity index (χ0) is 24.2. The van der Waals surface area contributed by atoms with Crippen molar-refractivity contribution in [2.75, 3.05) is 41.2 Å². The molecule has 1 atom stereocenters. The molecule has 0 radical (unpaired) electrons. The van der Waals surface area contributed by atoms with Gasteiger partial charge >= 0.3 is 0 Å². The van der Waals surface area contributed by atoms with E-state index in [1.54, 1.807) is 6.07 Å². The highest BCUT2D eigenvalue weighted by Gasteiger charge is 2.22. The number of ether oxygens (including phenoxy) is 1. The molecule has 1 amide bonds. The van der Waals surface area contributed by atoms with Crippen molar-refractivity contribution in [2.45, 2.75) is 39.0 Å². The standard InChI is InChI=1S/C26H31N3O3S2/c1-5-20-6-8-21(9-7-20)34(31)28-22-10-15-33-25(22)26(30)27-23-17(2)16-18(3)24(19(23)4)29-11-13-32-14-12-29/h6-10,15-16,28H,5,11-14H2,1-4H3,(H,27,30). The van der Waals surface area contributed by atoms with Crippen LogP contribution in [0.3, 0.4) is 0 Å². The Morgan fingerprint density at radius 2 is 1.79 bits per heavy atom. The van der Waals surface area contributed by atoms with Gasteiger partial charge in [0.15, 0.2) is 0 Å². The molecule has 0 bridgehead atoms. The summed E-state index contributed by atoms with van der Waals surface area (Å²) < 4.78 is 21.4. The van der Waals surface area contributed by atoms with Crippen LogP contribution in [0.5, 0.6) is 0 Å². The van der Waals surface area contributed by atoms with E-state index in [1.165, 1.54) is 22.5 Å². The molecule has 2 heterocycles. The second-order valence-electron chi connectivity index (χ2n) is 8.44. The third-order valence-corrected chi connectivity index (χ3v) is 8.14. The van der Waals surface area contributed by atoms with Gasteiger partial charge in [0, 0.05) is 24.5 Å². The van der Waals surface area contributed by atoms with Gasteiger partial charge in [-0.25, -0.2) is 4.21 Å². The van der Waals surface area contributed by atoms with Gasteiger partial charge in [0.1, 0.15) is 15.9 Å². The van der Waals surface area contributed by atoms with Crippen molar-refractivity contribution in [2.24, 2.45) is 0 Å². The molecule has 1 aromatic heterocycles. The number of benzene rings is 2. The van der Waals surface area contributed by atoms with Crippen LogP contribution in [0.15, 0.2) is 46.7 Å². The molecule has 1 saturated heterocycles. The summed E-state index contributed by atoms with van der Waals surface area (Å²) in [5.41, 5.74) is 7.01. The highest BCUT2D eigenvalue weighted by atomic mass is 32.2. The summed E-state index contributed by atoms with van der Waals surface area (Å²) in [4.78, 5) is 16.8. The molecule has 180 valence electrons. The van der Waals surface area contributed by atoms with Gasteiger partial charge in [-0.15, -0.1) is 11.3 Å². The van der Waals surface area contributed by atoms with Gasteiger partial charge in [-0.1, -0.05) is 25.1 Å². The second kappa shape index (κ2) is 10.7. The summed E-state index contributed by atoms with van der Waals surface area (Å²) in [6, 6.07) is 11.6. The predicted octanol–water partition coefficient (Wildman–Crippen LogP) is 5.46. The van der Waals surface area contributed by atoms with E-state index in [0.29, 0.717) is 28.7 Å². The largest absolute Gasteiger partial charge is 0.378 e. The molecule has 0 saturated carbocycles. The first-order valence-corrected chi connectivity index (χ1v) is 13.5. The fourth-order valence-corrected chi connectivity index (χ4v) is 6.06. The third kappa shape index (κ3) is 5.19. The number of nitrogens with one attached hydrogen (secondary N) is 2. The van der Waals surface area contributed by atoms with Crippen LogP contribution in [-0.2, 0) is 22.1 Å². The minimum atomic E-state index is -1.46. The fourth-order valence-electron chi connectivity index (χ4n) is 4.38. The van der Waals surface area contributed by atoms with Crippen LogP contribution >= 0.6 is 11.3 Å². The third-order valence-electron chi connectivity index (χ3n) is 6.12. The van der Waals surface area contributed by atoms with Crippen LogP contribution in [0.1, 0.15) is 38.8 Å². The summed E-state index contributed by atoms with van der Waals surface area (Å²) in [5, 5.41) is 4.97. The number of nitrogens with zero attached hydrogens (tertiary/aromatic N) is 1. The minimum absolute atomic E-state index is 0.209. The summed E-state index contributed by atoms with van der Waals surface area (Å²) in [6.45, 7) is 11.4. The highest BCUT2D eigenvalue weighted by molar-refractivity contribution is 7.86. The van der Waals surface area contributed by atoms with Gasteiger partial charge in [0.05, 0.1) is 23.8 Å². The van der Waals surface area contributed by atoms with Gasteiger partial charge in [-0.2, -0.15) is 0 Å². The summed E-state index contributed by atoms with van der Waals surface area (Å²) >= 11 is 1.33. The Morgan fingerprint density at radius 3 is 2.47 bits per heavy atom. The molecule has 0 spiro atoms. The Hall–Kier alpha value is -2.68. The number of carbonyl (C=O) groups is 1. The van der Waals surface area contributed by atoms with Crippen molar-refractivity contribution >= 4 is 45.3 Å². The van der Waals surface area contributed by atoms with Gasteiger partial charge in [0.25, 0.3) is 5.91 Å². The number of hydrogen-bond donors (Lipinski definition) is 2. The van der Waals surface area contributed by atoms with E-state index in [1.807, 2.05) is 36.6 Å². The average molecular weight is 498 g/mol. The van der Waals surface area contributed by atoms with E-state index in [0.717, 1.165) is 42.0 Å². The molecule has 1 fully saturated rings. The number of aryl methyl sites for hydroxylation is 3. The number of rotatable bonds is 7. The lowest BCUT2D eigenvalue weighted by atomic mass is 10.0. The molecule has 8 heteroatoms. The highest BCUT2D eigenvalue weighted by Crippen LogP contribution is 2.35. The summed E-state index contributed by atoms with van der Waals surface area (Å²) in [6.07, 6.45) is 0.931. The van der Waals surface area contributed by atoms with E-state index in [-0.39, 0.29) is 5.91 Å². The maximum absolute atomic E-state index is 13.3. The van der Waals surface area contributed by atoms with Crippen LogP contribution in [0, 0.1) is 20.8 Å². The van der Waals surface area contributed by atoms with E-state index >= 15 is 0 Å². The van der Waals surface area contributed by atoms with E-state index in [4.69, 9.17) is 4.74 Å². The maximum Gasteiger partial charge on any atom is 0.267 e. The number of thiophene rings is 1. The topological polar surface area (TPSA) is 70.7 Å². The molecular formula is C26H31N3O3S2. The summed E-state index contributed by atoms with van der Waals surface area (Å²) in [7, 11) is -1.46. The van der Waals surface area contributed by atoms with Crippen molar-refractivity contribution in [1.29, 1.82) is 0 Å². The van der Waals surface area contributed by atoms with E-state index in [9.17, 15) is 9.00 Å². The Balaban J connectivity index is 1.55. The molecule has 1 unspecified atom stereocenters. The molecule has 0 aliphatic carbocycles. The van der Waals surface area contributed by atoms with Crippen molar-refractivity contribution < 1.29 is 13.7 Å². The molecular weight excluding hydrogens is 466 g/mol. The molecule has 2 aromatic carbocycles. The Bertz CT molecular complexity index is 1200. The Labute approximate surface area is 207 Å². The maximum atomic E-state index is 13.3. The molecule has 1 aliphatic rings. The molecule has 2 N–H and O–H groups in total. The quantitative estimate of drug-likeness (QED) is 0.455. The van der Waals surface area contributed by atoms with Gasteiger partial charge in [0.2, 0.25) is 0 Å². The lowest BCUT2D eigenvalue weighted by Crippen LogP contribution is -2.37. The molecule has 1 aliphatic heterocycles. The van der Waals surface area contributed by atoms with Gasteiger partial charge < -0.3 is 15.0 Å². The van der Waals surface area contributed by atoms with Crippen molar-refractivity contribution in [3.8, 4) is 0 Å². The number of amides is 1. The molecule has 3 aromatic rings. The first kappa shape index (κ1) is 24.4. The summed E-state index contributed by atoms with van der Waals surface area (Å²) in [5.74, 6) is -0.209. The molecule has 6 nitrogen and oxygen atoms in total. The smallest absolute Gasteiger partial charge is 0.267 e. The molecule has 4 rings (SSSR count). The van der Waals surface area contributed by atoms with Crippen LogP contribution in [0.25, 0.3) is 0 Å². The van der Waals surface area contributed by atoms with E-state index in [2.05, 4.69) is 41.8 Å². The second-order valence-corrected chi connectivity index (χ2v) is 10.6. The number of hydrogen-bond acceptors (Lipinski definition) is 5. The zero-order valence-corrected chi connectivity index (χ0v) is 21.7. The number of carbonyl (C=O) groups excluding carboxylic acids is 1. The van der Waals surface area contributed by atoms with Crippen LogP contribution in [0.2, 0.25) is 0 Å². The minimum Gasteiger partial charge on any atom is -0.378 e. The van der Waals surface area contributed by atoms with Crippen LogP contribution in [-0.4, -0.2) is 36.4 Å². The predicted molar refractivity (Wildman–Crippen MR) is 142 cm³/mol. The average Bonchev–Trinajstić information content (AvgIpc) is 3.30. The lowest BCUT2D eigenvalue weighted by molar-refractivity contribution is 0.103. The first-order valence-electron chi connectivity index (χ1n) is 11.5. The Kier molecular flexibility index (Phi) is 7.70. The Morgan fingerprint density at radius 1 is 1.09 bits per heavy atom. The number of morpholine rings is 1. The fraction of sp³-hybridized carbons (Fsp3) is 0.346. The number of anilines is 3. The van der Waals surface area contributed by atoms with Gasteiger partial charge in [-0.3, -0.25) is 9.52 Å². The first-order chi connectivity index (χ1) is 16.4. The van der Waals surface area contributed by atoms with Crippen molar-refractivity contribution in [1.82, 2.24) is 0 Å². The monoisotopic (exact) mass is 497 g/mol. The van der Waals surface area contributed by atoms with Gasteiger partial charge in [-0.05, 0) is 73.0 Å².